The summed E-state index contributed by atoms with van der Waals surface area (Å²) in [5.74, 6) is 0.853. The zero-order valence-corrected chi connectivity index (χ0v) is 11.4. The molecule has 1 heterocycles. The van der Waals surface area contributed by atoms with Crippen molar-refractivity contribution in [2.45, 2.75) is 6.42 Å². The summed E-state index contributed by atoms with van der Waals surface area (Å²) in [6.45, 7) is 0. The van der Waals surface area contributed by atoms with Gasteiger partial charge in [0.1, 0.15) is 11.3 Å². The minimum atomic E-state index is 0.810. The molecule has 2 rings (SSSR count). The molecular weight excluding hydrogens is 324 g/mol. The maximum atomic E-state index is 5.59. The van der Waals surface area contributed by atoms with E-state index >= 15 is 0 Å². The molecule has 15 heavy (non-hydrogen) atoms. The van der Waals surface area contributed by atoms with E-state index in [-0.39, 0.29) is 0 Å². The number of furan rings is 1. The molecule has 0 spiro atoms. The van der Waals surface area contributed by atoms with E-state index in [4.69, 9.17) is 9.15 Å². The second kappa shape index (κ2) is 4.58. The maximum Gasteiger partial charge on any atom is 0.173 e. The van der Waals surface area contributed by atoms with Gasteiger partial charge in [0.2, 0.25) is 0 Å². The van der Waals surface area contributed by atoms with Crippen LogP contribution in [0.4, 0.5) is 0 Å². The van der Waals surface area contributed by atoms with Crippen LogP contribution < -0.4 is 4.74 Å². The van der Waals surface area contributed by atoms with Crippen LogP contribution in [0, 0.1) is 0 Å². The van der Waals surface area contributed by atoms with Crippen molar-refractivity contribution in [2.75, 3.05) is 12.4 Å². The molecule has 0 aliphatic heterocycles. The van der Waals surface area contributed by atoms with E-state index in [0.717, 1.165) is 33.1 Å². The Bertz CT molecular complexity index is 477. The smallest absolute Gasteiger partial charge is 0.173 e. The fourth-order valence-electron chi connectivity index (χ4n) is 1.55. The fraction of sp³-hybridized carbons (Fsp3) is 0.273. The van der Waals surface area contributed by atoms with Crippen molar-refractivity contribution in [3.63, 3.8) is 0 Å². The molecule has 0 saturated carbocycles. The third kappa shape index (κ3) is 2.06. The van der Waals surface area contributed by atoms with Crippen molar-refractivity contribution < 1.29 is 9.15 Å². The van der Waals surface area contributed by atoms with Gasteiger partial charge in [-0.1, -0.05) is 15.9 Å². The van der Waals surface area contributed by atoms with E-state index in [9.17, 15) is 0 Å². The second-order valence-corrected chi connectivity index (χ2v) is 4.67. The summed E-state index contributed by atoms with van der Waals surface area (Å²) in [5, 5.41) is 2.03. The molecule has 0 unspecified atom stereocenters. The predicted octanol–water partition coefficient (Wildman–Crippen LogP) is 4.14. The molecule has 0 bridgehead atoms. The first-order valence-electron chi connectivity index (χ1n) is 4.57. The molecular formula is C11H10Br2O2. The van der Waals surface area contributed by atoms with Crippen LogP contribution in [0.2, 0.25) is 0 Å². The van der Waals surface area contributed by atoms with Gasteiger partial charge in [-0.3, -0.25) is 0 Å². The van der Waals surface area contributed by atoms with Crippen molar-refractivity contribution in [2.24, 2.45) is 0 Å². The summed E-state index contributed by atoms with van der Waals surface area (Å²) >= 11 is 6.86. The number of rotatable bonds is 3. The van der Waals surface area contributed by atoms with Gasteiger partial charge in [-0.25, -0.2) is 0 Å². The Morgan fingerprint density at radius 3 is 2.87 bits per heavy atom. The van der Waals surface area contributed by atoms with Crippen LogP contribution in [-0.4, -0.2) is 12.4 Å². The number of aryl methyl sites for hydroxylation is 1. The highest BCUT2D eigenvalue weighted by Gasteiger charge is 2.11. The van der Waals surface area contributed by atoms with Crippen molar-refractivity contribution >= 4 is 42.8 Å². The Morgan fingerprint density at radius 1 is 1.40 bits per heavy atom. The SMILES string of the molecule is COc1ccc2oc(Br)c(CCBr)c2c1. The molecule has 0 fully saturated rings. The Hall–Kier alpha value is -0.480. The molecule has 0 saturated heterocycles. The van der Waals surface area contributed by atoms with Gasteiger partial charge in [0.25, 0.3) is 0 Å². The summed E-state index contributed by atoms with van der Waals surface area (Å²) in [4.78, 5) is 0. The molecule has 0 atom stereocenters. The molecule has 1 aromatic heterocycles. The number of halogens is 2. The largest absolute Gasteiger partial charge is 0.497 e. The van der Waals surface area contributed by atoms with Crippen LogP contribution in [0.1, 0.15) is 5.56 Å². The third-order valence-corrected chi connectivity index (χ3v) is 3.33. The highest BCUT2D eigenvalue weighted by atomic mass is 79.9. The lowest BCUT2D eigenvalue weighted by Gasteiger charge is -1.99. The molecule has 80 valence electrons. The zero-order chi connectivity index (χ0) is 10.8. The Balaban J connectivity index is 2.61. The summed E-state index contributed by atoms with van der Waals surface area (Å²) in [5.41, 5.74) is 2.07. The molecule has 0 radical (unpaired) electrons. The van der Waals surface area contributed by atoms with Crippen LogP contribution in [-0.2, 0) is 6.42 Å². The first-order valence-corrected chi connectivity index (χ1v) is 6.48. The topological polar surface area (TPSA) is 22.4 Å². The minimum absolute atomic E-state index is 0.810. The van der Waals surface area contributed by atoms with E-state index in [1.165, 1.54) is 5.56 Å². The number of methoxy groups -OCH3 is 1. The van der Waals surface area contributed by atoms with E-state index in [1.54, 1.807) is 7.11 Å². The first-order chi connectivity index (χ1) is 7.26. The zero-order valence-electron chi connectivity index (χ0n) is 8.22. The molecule has 0 amide bonds. The Kier molecular flexibility index (Phi) is 3.36. The van der Waals surface area contributed by atoms with Crippen molar-refractivity contribution in [1.29, 1.82) is 0 Å². The number of benzene rings is 1. The van der Waals surface area contributed by atoms with Crippen molar-refractivity contribution in [3.8, 4) is 5.75 Å². The van der Waals surface area contributed by atoms with Gasteiger partial charge in [0.15, 0.2) is 4.67 Å². The van der Waals surface area contributed by atoms with Gasteiger partial charge in [-0.15, -0.1) is 0 Å². The van der Waals surface area contributed by atoms with Crippen LogP contribution in [0.25, 0.3) is 11.0 Å². The molecule has 0 N–H and O–H groups in total. The number of hydrogen-bond donors (Lipinski definition) is 0. The summed E-state index contributed by atoms with van der Waals surface area (Å²) in [6.07, 6.45) is 0.931. The number of hydrogen-bond acceptors (Lipinski definition) is 2. The van der Waals surface area contributed by atoms with Crippen molar-refractivity contribution in [3.05, 3.63) is 28.4 Å². The van der Waals surface area contributed by atoms with Gasteiger partial charge >= 0.3 is 0 Å². The van der Waals surface area contributed by atoms with E-state index in [2.05, 4.69) is 31.9 Å². The fourth-order valence-corrected chi connectivity index (χ4v) is 2.54. The lowest BCUT2D eigenvalue weighted by Crippen LogP contribution is -1.86. The van der Waals surface area contributed by atoms with Gasteiger partial charge < -0.3 is 9.15 Å². The number of alkyl halides is 1. The lowest BCUT2D eigenvalue weighted by atomic mass is 10.1. The summed E-state index contributed by atoms with van der Waals surface area (Å²) in [6, 6.07) is 5.83. The molecule has 4 heteroatoms. The number of fused-ring (bicyclic) bond motifs is 1. The lowest BCUT2D eigenvalue weighted by molar-refractivity contribution is 0.415. The first kappa shape index (κ1) is 11.0. The Morgan fingerprint density at radius 2 is 2.20 bits per heavy atom. The summed E-state index contributed by atoms with van der Waals surface area (Å²) < 4.78 is 11.6. The van der Waals surface area contributed by atoms with E-state index in [1.807, 2.05) is 18.2 Å². The highest BCUT2D eigenvalue weighted by molar-refractivity contribution is 9.10. The number of ether oxygens (including phenoxy) is 1. The van der Waals surface area contributed by atoms with E-state index < -0.39 is 0 Å². The average molecular weight is 334 g/mol. The highest BCUT2D eigenvalue weighted by Crippen LogP contribution is 2.33. The van der Waals surface area contributed by atoms with Crippen LogP contribution in [0.3, 0.4) is 0 Å². The molecule has 0 aliphatic rings. The average Bonchev–Trinajstić information content (AvgIpc) is 2.55. The minimum Gasteiger partial charge on any atom is -0.497 e. The summed E-state index contributed by atoms with van der Waals surface area (Å²) in [7, 11) is 1.67. The van der Waals surface area contributed by atoms with Gasteiger partial charge in [-0.2, -0.15) is 0 Å². The molecule has 2 aromatic rings. The molecule has 1 aromatic carbocycles. The molecule has 0 aliphatic carbocycles. The second-order valence-electron chi connectivity index (χ2n) is 3.16. The van der Waals surface area contributed by atoms with Crippen LogP contribution in [0.15, 0.2) is 27.3 Å². The molecule has 2 nitrogen and oxygen atoms in total. The van der Waals surface area contributed by atoms with E-state index in [0.29, 0.717) is 0 Å². The van der Waals surface area contributed by atoms with Crippen LogP contribution >= 0.6 is 31.9 Å². The standard InChI is InChI=1S/C11H10Br2O2/c1-14-7-2-3-10-9(6-7)8(4-5-12)11(13)15-10/h2-3,6H,4-5H2,1H3. The van der Waals surface area contributed by atoms with Crippen LogP contribution in [0.5, 0.6) is 5.75 Å². The third-order valence-electron chi connectivity index (χ3n) is 2.29. The quantitative estimate of drug-likeness (QED) is 0.787. The van der Waals surface area contributed by atoms with Crippen molar-refractivity contribution in [1.82, 2.24) is 0 Å². The normalized spacial score (nSPS) is 10.9. The Labute approximate surface area is 105 Å². The maximum absolute atomic E-state index is 5.59. The van der Waals surface area contributed by atoms with Gasteiger partial charge in [0.05, 0.1) is 7.11 Å². The predicted molar refractivity (Wildman–Crippen MR) is 68.0 cm³/mol. The monoisotopic (exact) mass is 332 g/mol. The van der Waals surface area contributed by atoms with Gasteiger partial charge in [0, 0.05) is 16.3 Å². The van der Waals surface area contributed by atoms with Gasteiger partial charge in [-0.05, 0) is 40.5 Å².